The van der Waals surface area contributed by atoms with E-state index in [9.17, 15) is 14.4 Å². The second-order valence-electron chi connectivity index (χ2n) is 7.35. The molecule has 0 bridgehead atoms. The van der Waals surface area contributed by atoms with E-state index in [0.717, 1.165) is 14.9 Å². The molecule has 35 heavy (non-hydrogen) atoms. The minimum absolute atomic E-state index is 0.154. The molecule has 0 spiro atoms. The predicted octanol–water partition coefficient (Wildman–Crippen LogP) is 6.01. The number of imide groups is 2. The highest BCUT2D eigenvalue weighted by atomic mass is 79.9. The summed E-state index contributed by atoms with van der Waals surface area (Å²) >= 11 is 15.9. The van der Waals surface area contributed by atoms with Gasteiger partial charge in [0.1, 0.15) is 12.2 Å². The first-order valence-corrected chi connectivity index (χ1v) is 11.7. The Morgan fingerprint density at radius 2 is 1.71 bits per heavy atom. The normalized spacial score (nSPS) is 14.8. The van der Waals surface area contributed by atoms with Crippen LogP contribution in [0.5, 0.6) is 11.5 Å². The highest BCUT2D eigenvalue weighted by molar-refractivity contribution is 9.10. The summed E-state index contributed by atoms with van der Waals surface area (Å²) in [6, 6.07) is 16.0. The molecule has 0 radical (unpaired) electrons. The minimum Gasteiger partial charge on any atom is -0.493 e. The van der Waals surface area contributed by atoms with Crippen molar-refractivity contribution >= 4 is 68.7 Å². The molecule has 1 fully saturated rings. The Hall–Kier alpha value is -3.33. The van der Waals surface area contributed by atoms with Crippen molar-refractivity contribution < 1.29 is 23.9 Å². The van der Waals surface area contributed by atoms with Gasteiger partial charge in [-0.3, -0.25) is 14.9 Å². The van der Waals surface area contributed by atoms with Crippen molar-refractivity contribution in [3.8, 4) is 11.5 Å². The standard InChI is InChI=1S/C25H17BrCl2N2O5/c1-34-21-12-14(11-20(28)22(21)35-13-15-4-2-3-5-19(15)27)10-18-23(31)29-25(33)30(24(18)32)17-8-6-16(26)7-9-17/h2-12H,13H2,1H3,(H,29,31,33)/b18-10+. The van der Waals surface area contributed by atoms with Gasteiger partial charge in [-0.05, 0) is 54.1 Å². The largest absolute Gasteiger partial charge is 0.493 e. The SMILES string of the molecule is COc1cc(/C=C2\C(=O)NC(=O)N(c3ccc(Br)cc3)C2=O)cc(Cl)c1OCc1ccccc1Cl. The van der Waals surface area contributed by atoms with Gasteiger partial charge in [0, 0.05) is 15.1 Å². The average molecular weight is 576 g/mol. The zero-order valence-electron chi connectivity index (χ0n) is 18.2. The lowest BCUT2D eigenvalue weighted by molar-refractivity contribution is -0.122. The number of benzene rings is 3. The number of rotatable bonds is 6. The number of nitrogens with one attached hydrogen (secondary N) is 1. The maximum atomic E-state index is 13.1. The van der Waals surface area contributed by atoms with Crippen molar-refractivity contribution in [1.82, 2.24) is 5.32 Å². The maximum absolute atomic E-state index is 13.1. The van der Waals surface area contributed by atoms with Gasteiger partial charge >= 0.3 is 6.03 Å². The van der Waals surface area contributed by atoms with Crippen LogP contribution in [0.25, 0.3) is 6.08 Å². The number of carbonyl (C=O) groups excluding carboxylic acids is 3. The van der Waals surface area contributed by atoms with Crippen LogP contribution in [-0.2, 0) is 16.2 Å². The monoisotopic (exact) mass is 574 g/mol. The lowest BCUT2D eigenvalue weighted by Crippen LogP contribution is -2.54. The summed E-state index contributed by atoms with van der Waals surface area (Å²) in [5.74, 6) is -1.01. The van der Waals surface area contributed by atoms with E-state index in [1.165, 1.54) is 19.3 Å². The first-order valence-electron chi connectivity index (χ1n) is 10.2. The summed E-state index contributed by atoms with van der Waals surface area (Å²) in [6.07, 6.45) is 1.34. The molecule has 1 aliphatic heterocycles. The zero-order chi connectivity index (χ0) is 25.1. The van der Waals surface area contributed by atoms with Gasteiger partial charge in [0.05, 0.1) is 17.8 Å². The first kappa shape index (κ1) is 24.8. The fourth-order valence-electron chi connectivity index (χ4n) is 3.38. The average Bonchev–Trinajstić information content (AvgIpc) is 2.83. The molecule has 0 atom stereocenters. The maximum Gasteiger partial charge on any atom is 0.335 e. The molecular weight excluding hydrogens is 559 g/mol. The molecule has 0 saturated carbocycles. The molecule has 0 aliphatic carbocycles. The Labute approximate surface area is 219 Å². The molecule has 0 aromatic heterocycles. The van der Waals surface area contributed by atoms with E-state index in [4.69, 9.17) is 32.7 Å². The van der Waals surface area contributed by atoms with E-state index >= 15 is 0 Å². The number of halogens is 3. The van der Waals surface area contributed by atoms with Crippen LogP contribution in [0.4, 0.5) is 10.5 Å². The minimum atomic E-state index is -0.835. The number of methoxy groups -OCH3 is 1. The van der Waals surface area contributed by atoms with Crippen LogP contribution < -0.4 is 19.7 Å². The highest BCUT2D eigenvalue weighted by Crippen LogP contribution is 2.38. The van der Waals surface area contributed by atoms with Gasteiger partial charge in [0.25, 0.3) is 11.8 Å². The second kappa shape index (κ2) is 10.5. The molecule has 7 nitrogen and oxygen atoms in total. The number of hydrogen-bond donors (Lipinski definition) is 1. The molecule has 1 N–H and O–H groups in total. The third-order valence-electron chi connectivity index (χ3n) is 5.08. The fraction of sp³-hybridized carbons (Fsp3) is 0.0800. The summed E-state index contributed by atoms with van der Waals surface area (Å²) in [7, 11) is 1.44. The lowest BCUT2D eigenvalue weighted by atomic mass is 10.1. The molecule has 0 unspecified atom stereocenters. The highest BCUT2D eigenvalue weighted by Gasteiger charge is 2.36. The van der Waals surface area contributed by atoms with Crippen molar-refractivity contribution in [2.45, 2.75) is 6.61 Å². The number of hydrogen-bond acceptors (Lipinski definition) is 5. The van der Waals surface area contributed by atoms with E-state index in [1.807, 2.05) is 18.2 Å². The lowest BCUT2D eigenvalue weighted by Gasteiger charge is -2.26. The summed E-state index contributed by atoms with van der Waals surface area (Å²) in [6.45, 7) is 0.154. The van der Waals surface area contributed by atoms with Crippen LogP contribution in [0.1, 0.15) is 11.1 Å². The number of barbiturate groups is 1. The molecule has 1 aliphatic rings. The van der Waals surface area contributed by atoms with Crippen LogP contribution in [0.3, 0.4) is 0 Å². The van der Waals surface area contributed by atoms with Crippen LogP contribution in [0.2, 0.25) is 10.0 Å². The number of carbonyl (C=O) groups is 3. The number of anilines is 1. The van der Waals surface area contributed by atoms with Gasteiger partial charge in [-0.2, -0.15) is 0 Å². The number of ether oxygens (including phenoxy) is 2. The fourth-order valence-corrected chi connectivity index (χ4v) is 4.11. The van der Waals surface area contributed by atoms with E-state index < -0.39 is 17.8 Å². The summed E-state index contributed by atoms with van der Waals surface area (Å²) in [4.78, 5) is 38.9. The van der Waals surface area contributed by atoms with E-state index in [2.05, 4.69) is 21.2 Å². The van der Waals surface area contributed by atoms with Crippen LogP contribution in [0.15, 0.2) is 70.7 Å². The first-order chi connectivity index (χ1) is 16.8. The van der Waals surface area contributed by atoms with Gasteiger partial charge in [0.15, 0.2) is 11.5 Å². The summed E-state index contributed by atoms with van der Waals surface area (Å²) in [5.41, 5.74) is 1.24. The van der Waals surface area contributed by atoms with Crippen molar-refractivity contribution in [3.05, 3.63) is 91.9 Å². The van der Waals surface area contributed by atoms with Gasteiger partial charge in [-0.25, -0.2) is 9.69 Å². The Morgan fingerprint density at radius 1 is 1.00 bits per heavy atom. The third-order valence-corrected chi connectivity index (χ3v) is 6.26. The van der Waals surface area contributed by atoms with Crippen LogP contribution >= 0.6 is 39.1 Å². The molecule has 1 saturated heterocycles. The van der Waals surface area contributed by atoms with Crippen molar-refractivity contribution in [2.24, 2.45) is 0 Å². The topological polar surface area (TPSA) is 84.9 Å². The number of nitrogens with zero attached hydrogens (tertiary/aromatic N) is 1. The van der Waals surface area contributed by atoms with E-state index in [0.29, 0.717) is 22.0 Å². The molecule has 3 aromatic carbocycles. The van der Waals surface area contributed by atoms with E-state index in [-0.39, 0.29) is 23.0 Å². The van der Waals surface area contributed by atoms with Gasteiger partial charge in [0.2, 0.25) is 0 Å². The summed E-state index contributed by atoms with van der Waals surface area (Å²) < 4.78 is 12.0. The van der Waals surface area contributed by atoms with E-state index in [1.54, 1.807) is 36.4 Å². The van der Waals surface area contributed by atoms with Crippen LogP contribution in [0, 0.1) is 0 Å². The number of urea groups is 1. The van der Waals surface area contributed by atoms with Gasteiger partial charge in [-0.1, -0.05) is 57.3 Å². The Bertz CT molecular complexity index is 1360. The molecule has 10 heteroatoms. The van der Waals surface area contributed by atoms with Crippen molar-refractivity contribution in [3.63, 3.8) is 0 Å². The van der Waals surface area contributed by atoms with Crippen LogP contribution in [-0.4, -0.2) is 25.0 Å². The molecule has 4 rings (SSSR count). The Morgan fingerprint density at radius 3 is 2.40 bits per heavy atom. The predicted molar refractivity (Wildman–Crippen MR) is 137 cm³/mol. The third kappa shape index (κ3) is 5.35. The zero-order valence-corrected chi connectivity index (χ0v) is 21.3. The van der Waals surface area contributed by atoms with Crippen molar-refractivity contribution in [2.75, 3.05) is 12.0 Å². The molecule has 1 heterocycles. The quantitative estimate of drug-likeness (QED) is 0.287. The Balaban J connectivity index is 1.64. The second-order valence-corrected chi connectivity index (χ2v) is 9.08. The molecule has 178 valence electrons. The molecular formula is C25H17BrCl2N2O5. The number of amides is 4. The molecule has 4 amide bonds. The summed E-state index contributed by atoms with van der Waals surface area (Å²) in [5, 5.41) is 2.94. The van der Waals surface area contributed by atoms with Gasteiger partial charge in [-0.15, -0.1) is 0 Å². The van der Waals surface area contributed by atoms with Crippen molar-refractivity contribution in [1.29, 1.82) is 0 Å². The smallest absolute Gasteiger partial charge is 0.335 e. The molecule has 3 aromatic rings. The van der Waals surface area contributed by atoms with Gasteiger partial charge < -0.3 is 9.47 Å². The Kier molecular flexibility index (Phi) is 7.45.